The van der Waals surface area contributed by atoms with Gasteiger partial charge in [0.1, 0.15) is 5.82 Å². The molecule has 3 rings (SSSR count). The Morgan fingerprint density at radius 2 is 1.74 bits per heavy atom. The van der Waals surface area contributed by atoms with E-state index < -0.39 is 0 Å². The van der Waals surface area contributed by atoms with Gasteiger partial charge >= 0.3 is 0 Å². The standard InChI is InChI=1S/C15H16ClN3/c16-9-14-10-17-11-15(18-14)19-7-5-12-3-1-2-4-13(12)6-8-19/h1-4,10-11H,5-9H2. The van der Waals surface area contributed by atoms with Gasteiger partial charge < -0.3 is 4.90 Å². The van der Waals surface area contributed by atoms with Crippen LogP contribution in [-0.2, 0) is 18.7 Å². The predicted octanol–water partition coefficient (Wildman–Crippen LogP) is 2.82. The molecule has 4 heteroatoms. The maximum atomic E-state index is 5.82. The summed E-state index contributed by atoms with van der Waals surface area (Å²) >= 11 is 5.82. The first-order valence-corrected chi connectivity index (χ1v) is 7.09. The molecule has 3 nitrogen and oxygen atoms in total. The summed E-state index contributed by atoms with van der Waals surface area (Å²) in [5.41, 5.74) is 3.74. The van der Waals surface area contributed by atoms with Crippen LogP contribution < -0.4 is 4.90 Å². The molecule has 1 aliphatic rings. The van der Waals surface area contributed by atoms with Crippen molar-refractivity contribution in [2.45, 2.75) is 18.7 Å². The Hall–Kier alpha value is -1.61. The van der Waals surface area contributed by atoms with Crippen molar-refractivity contribution in [2.24, 2.45) is 0 Å². The second-order valence-corrected chi connectivity index (χ2v) is 5.03. The van der Waals surface area contributed by atoms with Gasteiger partial charge in [-0.1, -0.05) is 24.3 Å². The molecule has 0 unspecified atom stereocenters. The van der Waals surface area contributed by atoms with Gasteiger partial charge in [0.2, 0.25) is 0 Å². The summed E-state index contributed by atoms with van der Waals surface area (Å²) < 4.78 is 0. The van der Waals surface area contributed by atoms with Gasteiger partial charge in [0.15, 0.2) is 0 Å². The normalized spacial score (nSPS) is 14.9. The molecule has 1 aromatic heterocycles. The second-order valence-electron chi connectivity index (χ2n) is 4.76. The zero-order valence-corrected chi connectivity index (χ0v) is 11.5. The maximum absolute atomic E-state index is 5.82. The highest BCUT2D eigenvalue weighted by atomic mass is 35.5. The summed E-state index contributed by atoms with van der Waals surface area (Å²) in [6.45, 7) is 1.97. The van der Waals surface area contributed by atoms with Crippen LogP contribution in [0.2, 0.25) is 0 Å². The number of aromatic nitrogens is 2. The van der Waals surface area contributed by atoms with Crippen LogP contribution in [0.5, 0.6) is 0 Å². The fraction of sp³-hybridized carbons (Fsp3) is 0.333. The van der Waals surface area contributed by atoms with E-state index in [4.69, 9.17) is 11.6 Å². The molecule has 98 valence electrons. The van der Waals surface area contributed by atoms with Gasteiger partial charge in [0.25, 0.3) is 0 Å². The zero-order chi connectivity index (χ0) is 13.1. The lowest BCUT2D eigenvalue weighted by Crippen LogP contribution is -2.27. The molecule has 0 aliphatic carbocycles. The molecule has 0 radical (unpaired) electrons. The fourth-order valence-electron chi connectivity index (χ4n) is 2.51. The Morgan fingerprint density at radius 3 is 2.37 bits per heavy atom. The van der Waals surface area contributed by atoms with Crippen LogP contribution >= 0.6 is 11.6 Å². The van der Waals surface area contributed by atoms with Crippen LogP contribution in [0.4, 0.5) is 5.82 Å². The van der Waals surface area contributed by atoms with Crippen molar-refractivity contribution in [1.29, 1.82) is 0 Å². The first-order valence-electron chi connectivity index (χ1n) is 6.55. The molecule has 2 heterocycles. The SMILES string of the molecule is ClCc1cncc(N2CCc3ccccc3CC2)n1. The number of hydrogen-bond donors (Lipinski definition) is 0. The lowest BCUT2D eigenvalue weighted by Gasteiger charge is -2.21. The molecule has 1 aliphatic heterocycles. The molecule has 0 fully saturated rings. The van der Waals surface area contributed by atoms with Crippen molar-refractivity contribution in [2.75, 3.05) is 18.0 Å². The Kier molecular flexibility index (Phi) is 3.65. The van der Waals surface area contributed by atoms with E-state index in [1.54, 1.807) is 6.20 Å². The van der Waals surface area contributed by atoms with Crippen molar-refractivity contribution in [3.8, 4) is 0 Å². The number of fused-ring (bicyclic) bond motifs is 1. The third kappa shape index (κ3) is 2.71. The maximum Gasteiger partial charge on any atom is 0.147 e. The molecule has 0 atom stereocenters. The van der Waals surface area contributed by atoms with Crippen molar-refractivity contribution >= 4 is 17.4 Å². The van der Waals surface area contributed by atoms with Crippen molar-refractivity contribution in [3.63, 3.8) is 0 Å². The molecule has 0 bridgehead atoms. The molecular formula is C15H16ClN3. The van der Waals surface area contributed by atoms with Crippen LogP contribution in [0.1, 0.15) is 16.8 Å². The Balaban J connectivity index is 1.81. The van der Waals surface area contributed by atoms with E-state index in [1.165, 1.54) is 11.1 Å². The molecule has 0 spiro atoms. The van der Waals surface area contributed by atoms with Crippen molar-refractivity contribution < 1.29 is 0 Å². The Labute approximate surface area is 118 Å². The number of alkyl halides is 1. The van der Waals surface area contributed by atoms with Crippen molar-refractivity contribution in [3.05, 3.63) is 53.5 Å². The highest BCUT2D eigenvalue weighted by Crippen LogP contribution is 2.19. The molecule has 1 aromatic carbocycles. The van der Waals surface area contributed by atoms with Gasteiger partial charge in [0.05, 0.1) is 17.8 Å². The minimum Gasteiger partial charge on any atom is -0.355 e. The Bertz CT molecular complexity index is 544. The second kappa shape index (κ2) is 5.57. The van der Waals surface area contributed by atoms with Crippen LogP contribution in [0.25, 0.3) is 0 Å². The summed E-state index contributed by atoms with van der Waals surface area (Å²) in [6, 6.07) is 8.67. The van der Waals surface area contributed by atoms with E-state index in [1.807, 2.05) is 6.20 Å². The van der Waals surface area contributed by atoms with E-state index in [-0.39, 0.29) is 0 Å². The lowest BCUT2D eigenvalue weighted by molar-refractivity contribution is 0.783. The number of halogens is 1. The largest absolute Gasteiger partial charge is 0.355 e. The monoisotopic (exact) mass is 273 g/mol. The van der Waals surface area contributed by atoms with Crippen LogP contribution in [0.3, 0.4) is 0 Å². The summed E-state index contributed by atoms with van der Waals surface area (Å²) in [5, 5.41) is 0. The Morgan fingerprint density at radius 1 is 1.05 bits per heavy atom. The van der Waals surface area contributed by atoms with Crippen molar-refractivity contribution in [1.82, 2.24) is 9.97 Å². The number of hydrogen-bond acceptors (Lipinski definition) is 3. The average molecular weight is 274 g/mol. The molecular weight excluding hydrogens is 258 g/mol. The lowest BCUT2D eigenvalue weighted by atomic mass is 10.0. The van der Waals surface area contributed by atoms with E-state index in [0.717, 1.165) is 37.4 Å². The summed E-state index contributed by atoms with van der Waals surface area (Å²) in [4.78, 5) is 11.1. The summed E-state index contributed by atoms with van der Waals surface area (Å²) in [6.07, 6.45) is 5.67. The highest BCUT2D eigenvalue weighted by Gasteiger charge is 2.15. The van der Waals surface area contributed by atoms with Crippen LogP contribution in [-0.4, -0.2) is 23.1 Å². The smallest absolute Gasteiger partial charge is 0.147 e. The molecule has 0 N–H and O–H groups in total. The third-order valence-electron chi connectivity index (χ3n) is 3.55. The third-order valence-corrected chi connectivity index (χ3v) is 3.83. The summed E-state index contributed by atoms with van der Waals surface area (Å²) in [5.74, 6) is 1.35. The quantitative estimate of drug-likeness (QED) is 0.788. The minimum atomic E-state index is 0.412. The molecule has 2 aromatic rings. The van der Waals surface area contributed by atoms with Gasteiger partial charge in [-0.25, -0.2) is 4.98 Å². The predicted molar refractivity (Wildman–Crippen MR) is 77.7 cm³/mol. The van der Waals surface area contributed by atoms with Crippen LogP contribution in [0.15, 0.2) is 36.7 Å². The number of rotatable bonds is 2. The minimum absolute atomic E-state index is 0.412. The number of nitrogens with zero attached hydrogens (tertiary/aromatic N) is 3. The van der Waals surface area contributed by atoms with Gasteiger partial charge in [-0.15, -0.1) is 11.6 Å². The molecule has 0 amide bonds. The van der Waals surface area contributed by atoms with E-state index in [9.17, 15) is 0 Å². The van der Waals surface area contributed by atoms with Gasteiger partial charge in [-0.2, -0.15) is 0 Å². The molecule has 0 saturated carbocycles. The van der Waals surface area contributed by atoms with Crippen LogP contribution in [0, 0.1) is 0 Å². The van der Waals surface area contributed by atoms with E-state index in [2.05, 4.69) is 39.1 Å². The van der Waals surface area contributed by atoms with E-state index in [0.29, 0.717) is 5.88 Å². The van der Waals surface area contributed by atoms with Gasteiger partial charge in [0, 0.05) is 19.3 Å². The first-order chi connectivity index (χ1) is 9.36. The number of benzene rings is 1. The van der Waals surface area contributed by atoms with Gasteiger partial charge in [-0.05, 0) is 24.0 Å². The highest BCUT2D eigenvalue weighted by molar-refractivity contribution is 6.16. The average Bonchev–Trinajstić information content (AvgIpc) is 2.70. The first kappa shape index (κ1) is 12.4. The molecule has 0 saturated heterocycles. The van der Waals surface area contributed by atoms with Gasteiger partial charge in [-0.3, -0.25) is 4.98 Å². The fourth-order valence-corrected chi connectivity index (χ4v) is 2.64. The number of anilines is 1. The molecule has 19 heavy (non-hydrogen) atoms. The van der Waals surface area contributed by atoms with E-state index >= 15 is 0 Å². The summed E-state index contributed by atoms with van der Waals surface area (Å²) in [7, 11) is 0. The zero-order valence-electron chi connectivity index (χ0n) is 10.7. The topological polar surface area (TPSA) is 29.0 Å².